The Labute approximate surface area is 108 Å². The molecule has 0 radical (unpaired) electrons. The summed E-state index contributed by atoms with van der Waals surface area (Å²) in [5, 5.41) is 2.56. The minimum absolute atomic E-state index is 0.428. The Kier molecular flexibility index (Phi) is 4.01. The molecule has 0 fully saturated rings. The Hall–Kier alpha value is -1.56. The molecule has 1 amide bonds. The van der Waals surface area contributed by atoms with Crippen molar-refractivity contribution in [3.05, 3.63) is 24.3 Å². The van der Waals surface area contributed by atoms with Gasteiger partial charge in [0.25, 0.3) is 0 Å². The van der Waals surface area contributed by atoms with Crippen molar-refractivity contribution in [2.24, 2.45) is 0 Å². The molecule has 0 saturated carbocycles. The maximum Gasteiger partial charge on any atom is 0.412 e. The predicted octanol–water partition coefficient (Wildman–Crippen LogP) is 3.07. The number of amides is 1. The van der Waals surface area contributed by atoms with Gasteiger partial charge in [-0.25, -0.2) is 13.8 Å². The third-order valence-corrected chi connectivity index (χ3v) is 3.12. The molecule has 0 heterocycles. The van der Waals surface area contributed by atoms with E-state index in [1.165, 1.54) is 6.26 Å². The molecule has 0 aliphatic carbocycles. The van der Waals surface area contributed by atoms with E-state index in [-0.39, 0.29) is 0 Å². The quantitative estimate of drug-likeness (QED) is 0.866. The van der Waals surface area contributed by atoms with Crippen LogP contribution in [0.1, 0.15) is 20.8 Å². The molecule has 0 spiro atoms. The molecule has 0 unspecified atom stereocenters. The SMILES string of the molecule is CC(C)(C)OC(=O)Nc1ccc([S@@](C)(=N)=O)cc1. The lowest BCUT2D eigenvalue weighted by Gasteiger charge is -2.19. The summed E-state index contributed by atoms with van der Waals surface area (Å²) in [6, 6.07) is 6.30. The summed E-state index contributed by atoms with van der Waals surface area (Å²) < 4.78 is 24.0. The first kappa shape index (κ1) is 14.5. The van der Waals surface area contributed by atoms with Crippen molar-refractivity contribution in [2.75, 3.05) is 11.6 Å². The van der Waals surface area contributed by atoms with Crippen molar-refractivity contribution in [2.45, 2.75) is 31.3 Å². The van der Waals surface area contributed by atoms with Gasteiger partial charge in [0, 0.05) is 16.8 Å². The summed E-state index contributed by atoms with van der Waals surface area (Å²) >= 11 is 0. The molecule has 18 heavy (non-hydrogen) atoms. The molecule has 0 aromatic heterocycles. The van der Waals surface area contributed by atoms with Gasteiger partial charge in [-0.3, -0.25) is 5.32 Å². The number of ether oxygens (including phenoxy) is 1. The minimum Gasteiger partial charge on any atom is -0.444 e. The van der Waals surface area contributed by atoms with Gasteiger partial charge >= 0.3 is 6.09 Å². The second-order valence-electron chi connectivity index (χ2n) is 4.99. The fourth-order valence-electron chi connectivity index (χ4n) is 1.22. The van der Waals surface area contributed by atoms with Gasteiger partial charge in [0.1, 0.15) is 5.60 Å². The van der Waals surface area contributed by atoms with Gasteiger partial charge in [0.15, 0.2) is 0 Å². The fourth-order valence-corrected chi connectivity index (χ4v) is 1.87. The highest BCUT2D eigenvalue weighted by Crippen LogP contribution is 2.15. The normalized spacial score (nSPS) is 14.7. The van der Waals surface area contributed by atoms with E-state index in [1.54, 1.807) is 45.0 Å². The van der Waals surface area contributed by atoms with Crippen molar-refractivity contribution < 1.29 is 13.7 Å². The van der Waals surface area contributed by atoms with E-state index in [0.29, 0.717) is 10.6 Å². The number of nitrogens with one attached hydrogen (secondary N) is 2. The Balaban J connectivity index is 2.73. The standard InChI is InChI=1S/C12H18N2O3S/c1-12(2,3)17-11(15)14-9-5-7-10(8-6-9)18(4,13)16/h5-8,13H,1-4H3,(H,14,15)/t18-/m0/s1. The van der Waals surface area contributed by atoms with Crippen molar-refractivity contribution in [1.29, 1.82) is 4.78 Å². The maximum atomic E-state index is 11.5. The van der Waals surface area contributed by atoms with Crippen LogP contribution < -0.4 is 5.32 Å². The third-order valence-electron chi connectivity index (χ3n) is 1.95. The van der Waals surface area contributed by atoms with E-state index >= 15 is 0 Å². The van der Waals surface area contributed by atoms with Gasteiger partial charge in [-0.05, 0) is 45.0 Å². The number of anilines is 1. The summed E-state index contributed by atoms with van der Waals surface area (Å²) in [6.07, 6.45) is 0.807. The van der Waals surface area contributed by atoms with Crippen LogP contribution in [0, 0.1) is 4.78 Å². The van der Waals surface area contributed by atoms with Crippen LogP contribution >= 0.6 is 0 Å². The summed E-state index contributed by atoms with van der Waals surface area (Å²) in [4.78, 5) is 11.9. The molecule has 100 valence electrons. The Bertz CT molecular complexity index is 527. The Morgan fingerprint density at radius 1 is 1.28 bits per heavy atom. The van der Waals surface area contributed by atoms with E-state index in [9.17, 15) is 9.00 Å². The number of rotatable bonds is 2. The number of carbonyl (C=O) groups is 1. The molecule has 0 bridgehead atoms. The minimum atomic E-state index is -2.72. The average Bonchev–Trinajstić information content (AvgIpc) is 2.13. The van der Waals surface area contributed by atoms with E-state index < -0.39 is 21.4 Å². The first-order valence-electron chi connectivity index (χ1n) is 5.42. The number of benzene rings is 1. The van der Waals surface area contributed by atoms with Gasteiger partial charge in [-0.2, -0.15) is 0 Å². The summed E-state index contributed by atoms with van der Waals surface area (Å²) in [5.74, 6) is 0. The highest BCUT2D eigenvalue weighted by atomic mass is 32.2. The van der Waals surface area contributed by atoms with E-state index in [0.717, 1.165) is 0 Å². The maximum absolute atomic E-state index is 11.5. The van der Waals surface area contributed by atoms with Gasteiger partial charge in [-0.1, -0.05) is 0 Å². The lowest BCUT2D eigenvalue weighted by Crippen LogP contribution is -2.27. The van der Waals surface area contributed by atoms with Crippen molar-refractivity contribution in [3.63, 3.8) is 0 Å². The van der Waals surface area contributed by atoms with E-state index in [1.807, 2.05) is 0 Å². The first-order valence-corrected chi connectivity index (χ1v) is 7.38. The molecule has 1 atom stereocenters. The van der Waals surface area contributed by atoms with Crippen molar-refractivity contribution in [1.82, 2.24) is 0 Å². The lowest BCUT2D eigenvalue weighted by molar-refractivity contribution is 0.0636. The molecule has 1 aromatic carbocycles. The summed E-state index contributed by atoms with van der Waals surface area (Å²) in [6.45, 7) is 5.34. The van der Waals surface area contributed by atoms with Gasteiger partial charge in [0.05, 0.1) is 9.73 Å². The first-order chi connectivity index (χ1) is 8.08. The van der Waals surface area contributed by atoms with Gasteiger partial charge < -0.3 is 4.74 Å². The van der Waals surface area contributed by atoms with Crippen LogP contribution in [0.4, 0.5) is 10.5 Å². The smallest absolute Gasteiger partial charge is 0.412 e. The second-order valence-corrected chi connectivity index (χ2v) is 7.15. The molecule has 0 aliphatic rings. The van der Waals surface area contributed by atoms with Crippen LogP contribution in [-0.4, -0.2) is 22.2 Å². The zero-order valence-corrected chi connectivity index (χ0v) is 11.8. The molecule has 0 aliphatic heterocycles. The predicted molar refractivity (Wildman–Crippen MR) is 71.4 cm³/mol. The van der Waals surface area contributed by atoms with Gasteiger partial charge in [0.2, 0.25) is 0 Å². The van der Waals surface area contributed by atoms with Crippen LogP contribution in [0.2, 0.25) is 0 Å². The van der Waals surface area contributed by atoms with Crippen LogP contribution in [0.5, 0.6) is 0 Å². The highest BCUT2D eigenvalue weighted by molar-refractivity contribution is 7.91. The molecule has 5 nitrogen and oxygen atoms in total. The molecular formula is C12H18N2O3S. The zero-order chi connectivity index (χ0) is 14.0. The summed E-state index contributed by atoms with van der Waals surface area (Å²) in [5.41, 5.74) is -0.0141. The van der Waals surface area contributed by atoms with Gasteiger partial charge in [-0.15, -0.1) is 0 Å². The van der Waals surface area contributed by atoms with Crippen molar-refractivity contribution >= 4 is 21.5 Å². The van der Waals surface area contributed by atoms with Crippen LogP contribution in [0.15, 0.2) is 29.2 Å². The Morgan fingerprint density at radius 3 is 2.17 bits per heavy atom. The monoisotopic (exact) mass is 270 g/mol. The average molecular weight is 270 g/mol. The lowest BCUT2D eigenvalue weighted by atomic mass is 10.2. The molecular weight excluding hydrogens is 252 g/mol. The van der Waals surface area contributed by atoms with E-state index in [4.69, 9.17) is 9.52 Å². The van der Waals surface area contributed by atoms with Crippen molar-refractivity contribution in [3.8, 4) is 0 Å². The topological polar surface area (TPSA) is 79.2 Å². The molecule has 1 rings (SSSR count). The Morgan fingerprint density at radius 2 is 1.78 bits per heavy atom. The fraction of sp³-hybridized carbons (Fsp3) is 0.417. The number of carbonyl (C=O) groups excluding carboxylic acids is 1. The van der Waals surface area contributed by atoms with Crippen LogP contribution in [0.25, 0.3) is 0 Å². The zero-order valence-electron chi connectivity index (χ0n) is 10.9. The number of hydrogen-bond acceptors (Lipinski definition) is 4. The second kappa shape index (κ2) is 4.97. The van der Waals surface area contributed by atoms with Crippen LogP contribution in [-0.2, 0) is 14.5 Å². The van der Waals surface area contributed by atoms with Crippen LogP contribution in [0.3, 0.4) is 0 Å². The summed E-state index contributed by atoms with van der Waals surface area (Å²) in [7, 11) is -2.72. The van der Waals surface area contributed by atoms with E-state index in [2.05, 4.69) is 5.32 Å². The molecule has 2 N–H and O–H groups in total. The largest absolute Gasteiger partial charge is 0.444 e. The highest BCUT2D eigenvalue weighted by Gasteiger charge is 2.16. The molecule has 0 saturated heterocycles. The molecule has 1 aromatic rings. The number of hydrogen-bond donors (Lipinski definition) is 2. The third kappa shape index (κ3) is 4.75. The molecule has 6 heteroatoms.